The fourth-order valence-corrected chi connectivity index (χ4v) is 4.46. The first-order valence-electron chi connectivity index (χ1n) is 8.43. The molecule has 4 saturated heterocycles. The van der Waals surface area contributed by atoms with Gasteiger partial charge in [0.15, 0.2) is 0 Å². The van der Waals surface area contributed by atoms with Gasteiger partial charge in [0.2, 0.25) is 0 Å². The van der Waals surface area contributed by atoms with Gasteiger partial charge in [0.1, 0.15) is 0 Å². The van der Waals surface area contributed by atoms with Gasteiger partial charge in [-0.1, -0.05) is 0 Å². The molecule has 4 fully saturated rings. The van der Waals surface area contributed by atoms with E-state index in [9.17, 15) is 0 Å². The van der Waals surface area contributed by atoms with E-state index in [1.54, 1.807) is 0 Å². The Hall–Kier alpha value is -1.13. The van der Waals surface area contributed by atoms with Crippen LogP contribution in [0.15, 0.2) is 18.5 Å². The van der Waals surface area contributed by atoms with E-state index in [1.165, 1.54) is 56.8 Å². The van der Waals surface area contributed by atoms with Gasteiger partial charge in [-0.3, -0.25) is 9.88 Å². The maximum atomic E-state index is 4.21. The van der Waals surface area contributed by atoms with Gasteiger partial charge in [0, 0.05) is 56.8 Å². The van der Waals surface area contributed by atoms with E-state index in [1.807, 2.05) is 12.4 Å². The standard InChI is InChI=1S/C17H26N4/c1-14-12-18-5-2-16(14)20-8-10-21(11-9-20)17-13-19-6-3-15(17)4-7-19/h2,5,12,15,17H,3-4,6-11,13H2,1H3. The lowest BCUT2D eigenvalue weighted by atomic mass is 9.83. The van der Waals surface area contributed by atoms with Crippen molar-refractivity contribution in [1.29, 1.82) is 0 Å². The highest BCUT2D eigenvalue weighted by molar-refractivity contribution is 5.51. The lowest BCUT2D eigenvalue weighted by Gasteiger charge is -2.51. The SMILES string of the molecule is Cc1cnccc1N1CCN(C2CN3CCC2CC3)CC1. The van der Waals surface area contributed by atoms with Crippen molar-refractivity contribution in [2.24, 2.45) is 5.92 Å². The quantitative estimate of drug-likeness (QED) is 0.824. The molecule has 21 heavy (non-hydrogen) atoms. The van der Waals surface area contributed by atoms with Gasteiger partial charge >= 0.3 is 0 Å². The molecule has 5 heterocycles. The second-order valence-electron chi connectivity index (χ2n) is 6.89. The zero-order valence-corrected chi connectivity index (χ0v) is 13.0. The van der Waals surface area contributed by atoms with Crippen molar-refractivity contribution in [2.75, 3.05) is 50.7 Å². The molecule has 4 nitrogen and oxygen atoms in total. The normalized spacial score (nSPS) is 33.4. The van der Waals surface area contributed by atoms with Gasteiger partial charge in [-0.25, -0.2) is 0 Å². The molecule has 4 aliphatic rings. The summed E-state index contributed by atoms with van der Waals surface area (Å²) < 4.78 is 0. The summed E-state index contributed by atoms with van der Waals surface area (Å²) in [4.78, 5) is 12.2. The molecule has 0 saturated carbocycles. The second kappa shape index (κ2) is 5.58. The number of aryl methyl sites for hydroxylation is 1. The Morgan fingerprint density at radius 3 is 2.43 bits per heavy atom. The van der Waals surface area contributed by atoms with E-state index in [4.69, 9.17) is 0 Å². The fourth-order valence-electron chi connectivity index (χ4n) is 4.46. The van der Waals surface area contributed by atoms with Crippen molar-refractivity contribution in [3.05, 3.63) is 24.0 Å². The maximum Gasteiger partial charge on any atom is 0.0427 e. The number of pyridine rings is 1. The molecule has 1 atom stereocenters. The number of anilines is 1. The molecule has 0 aliphatic carbocycles. The van der Waals surface area contributed by atoms with Gasteiger partial charge < -0.3 is 9.80 Å². The number of piperidine rings is 3. The molecule has 1 unspecified atom stereocenters. The van der Waals surface area contributed by atoms with Crippen LogP contribution in [0.5, 0.6) is 0 Å². The van der Waals surface area contributed by atoms with Crippen LogP contribution in [0.25, 0.3) is 0 Å². The van der Waals surface area contributed by atoms with E-state index >= 15 is 0 Å². The van der Waals surface area contributed by atoms with Gasteiger partial charge in [0.05, 0.1) is 0 Å². The molecular formula is C17H26N4. The van der Waals surface area contributed by atoms with Crippen molar-refractivity contribution in [3.8, 4) is 0 Å². The minimum atomic E-state index is 0.827. The van der Waals surface area contributed by atoms with Crippen molar-refractivity contribution in [1.82, 2.24) is 14.8 Å². The minimum Gasteiger partial charge on any atom is -0.369 e. The highest BCUT2D eigenvalue weighted by atomic mass is 15.3. The molecule has 0 N–H and O–H groups in total. The lowest BCUT2D eigenvalue weighted by molar-refractivity contribution is 0.00310. The van der Waals surface area contributed by atoms with E-state index < -0.39 is 0 Å². The predicted octanol–water partition coefficient (Wildman–Crippen LogP) is 1.61. The summed E-state index contributed by atoms with van der Waals surface area (Å²) in [6.07, 6.45) is 6.75. The number of fused-ring (bicyclic) bond motifs is 3. The monoisotopic (exact) mass is 286 g/mol. The van der Waals surface area contributed by atoms with Crippen LogP contribution in [-0.2, 0) is 0 Å². The van der Waals surface area contributed by atoms with Crippen LogP contribution < -0.4 is 4.90 Å². The van der Waals surface area contributed by atoms with Crippen LogP contribution in [0.3, 0.4) is 0 Å². The average Bonchev–Trinajstić information content (AvgIpc) is 2.57. The van der Waals surface area contributed by atoms with Gasteiger partial charge in [-0.2, -0.15) is 0 Å². The van der Waals surface area contributed by atoms with Crippen molar-refractivity contribution < 1.29 is 0 Å². The highest BCUT2D eigenvalue weighted by Crippen LogP contribution is 2.32. The zero-order valence-electron chi connectivity index (χ0n) is 13.0. The van der Waals surface area contributed by atoms with Gasteiger partial charge in [-0.15, -0.1) is 0 Å². The van der Waals surface area contributed by atoms with Crippen LogP contribution >= 0.6 is 0 Å². The molecule has 4 heteroatoms. The number of nitrogens with zero attached hydrogens (tertiary/aromatic N) is 4. The summed E-state index contributed by atoms with van der Waals surface area (Å²) in [5.41, 5.74) is 2.67. The summed E-state index contributed by atoms with van der Waals surface area (Å²) in [5, 5.41) is 0. The van der Waals surface area contributed by atoms with Crippen LogP contribution in [0, 0.1) is 12.8 Å². The van der Waals surface area contributed by atoms with E-state index in [-0.39, 0.29) is 0 Å². The number of hydrogen-bond donors (Lipinski definition) is 0. The Bertz CT molecular complexity index is 487. The van der Waals surface area contributed by atoms with Crippen LogP contribution in [0.1, 0.15) is 18.4 Å². The molecule has 4 aliphatic heterocycles. The molecular weight excluding hydrogens is 260 g/mol. The Kier molecular flexibility index (Phi) is 3.59. The first-order chi connectivity index (χ1) is 10.3. The van der Waals surface area contributed by atoms with Crippen molar-refractivity contribution in [3.63, 3.8) is 0 Å². The van der Waals surface area contributed by atoms with Crippen molar-refractivity contribution >= 4 is 5.69 Å². The Morgan fingerprint density at radius 1 is 1.05 bits per heavy atom. The maximum absolute atomic E-state index is 4.21. The molecule has 5 rings (SSSR count). The van der Waals surface area contributed by atoms with E-state index in [0.717, 1.165) is 25.0 Å². The topological polar surface area (TPSA) is 22.6 Å². The fraction of sp³-hybridized carbons (Fsp3) is 0.706. The van der Waals surface area contributed by atoms with Crippen LogP contribution in [-0.4, -0.2) is 66.6 Å². The summed E-state index contributed by atoms with van der Waals surface area (Å²) in [7, 11) is 0. The summed E-state index contributed by atoms with van der Waals surface area (Å²) >= 11 is 0. The molecule has 0 radical (unpaired) electrons. The number of rotatable bonds is 2. The molecule has 114 valence electrons. The Morgan fingerprint density at radius 2 is 1.81 bits per heavy atom. The third-order valence-corrected chi connectivity index (χ3v) is 5.74. The van der Waals surface area contributed by atoms with Gasteiger partial charge in [0.25, 0.3) is 0 Å². The molecule has 1 aromatic heterocycles. The average molecular weight is 286 g/mol. The second-order valence-corrected chi connectivity index (χ2v) is 6.89. The molecule has 0 spiro atoms. The minimum absolute atomic E-state index is 0.827. The number of aromatic nitrogens is 1. The lowest BCUT2D eigenvalue weighted by Crippen LogP contribution is -2.61. The first kappa shape index (κ1) is 13.5. The third-order valence-electron chi connectivity index (χ3n) is 5.74. The summed E-state index contributed by atoms with van der Waals surface area (Å²) in [6.45, 7) is 10.9. The first-order valence-corrected chi connectivity index (χ1v) is 8.43. The molecule has 0 amide bonds. The van der Waals surface area contributed by atoms with Crippen LogP contribution in [0.2, 0.25) is 0 Å². The molecule has 1 aromatic rings. The summed E-state index contributed by atoms with van der Waals surface area (Å²) in [5.74, 6) is 0.962. The smallest absolute Gasteiger partial charge is 0.0427 e. The Labute approximate surface area is 127 Å². The van der Waals surface area contributed by atoms with Gasteiger partial charge in [-0.05, 0) is 50.4 Å². The van der Waals surface area contributed by atoms with E-state index in [2.05, 4.69) is 32.7 Å². The third kappa shape index (κ3) is 2.55. The highest BCUT2D eigenvalue weighted by Gasteiger charge is 2.38. The van der Waals surface area contributed by atoms with E-state index in [0.29, 0.717) is 0 Å². The Balaban J connectivity index is 1.40. The molecule has 0 aromatic carbocycles. The zero-order chi connectivity index (χ0) is 14.2. The van der Waals surface area contributed by atoms with Crippen molar-refractivity contribution in [2.45, 2.75) is 25.8 Å². The predicted molar refractivity (Wildman–Crippen MR) is 85.7 cm³/mol. The largest absolute Gasteiger partial charge is 0.369 e. The van der Waals surface area contributed by atoms with Crippen LogP contribution in [0.4, 0.5) is 5.69 Å². The number of hydrogen-bond acceptors (Lipinski definition) is 4. The number of piperazine rings is 1. The molecule has 2 bridgehead atoms. The summed E-state index contributed by atoms with van der Waals surface area (Å²) in [6, 6.07) is 2.99.